The molecule has 1 aromatic carbocycles. The summed E-state index contributed by atoms with van der Waals surface area (Å²) in [4.78, 5) is 12.1. The van der Waals surface area contributed by atoms with Gasteiger partial charge in [-0.15, -0.1) is 4.91 Å². The Balaban J connectivity index is 2.51. The molecule has 21 heavy (non-hydrogen) atoms. The first-order chi connectivity index (χ1) is 9.93. The van der Waals surface area contributed by atoms with Crippen molar-refractivity contribution in [2.75, 3.05) is 19.5 Å². The van der Waals surface area contributed by atoms with Gasteiger partial charge in [0.1, 0.15) is 11.5 Å². The molecule has 0 unspecified atom stereocenters. The van der Waals surface area contributed by atoms with Gasteiger partial charge in [-0.05, 0) is 44.5 Å². The van der Waals surface area contributed by atoms with Crippen LogP contribution in [0, 0.1) is 10.7 Å². The fraction of sp³-hybridized carbons (Fsp3) is 0.250. The molecule has 112 valence electrons. The summed E-state index contributed by atoms with van der Waals surface area (Å²) in [6.07, 6.45) is 0. The van der Waals surface area contributed by atoms with Crippen LogP contribution in [0.4, 0.5) is 10.1 Å². The molecule has 0 aliphatic heterocycles. The topological polar surface area (TPSA) is 81.9 Å². The van der Waals surface area contributed by atoms with E-state index in [2.05, 4.69) is 28.2 Å². The van der Waals surface area contributed by atoms with Crippen molar-refractivity contribution in [1.29, 1.82) is 0 Å². The Morgan fingerprint density at radius 3 is 2.86 bits per heavy atom. The molecule has 0 saturated carbocycles. The van der Waals surface area contributed by atoms with Crippen LogP contribution in [-0.2, 0) is 6.67 Å². The molecule has 0 bridgehead atoms. The molecule has 1 aromatic heterocycles. The summed E-state index contributed by atoms with van der Waals surface area (Å²) >= 11 is 4.60. The van der Waals surface area contributed by atoms with Crippen molar-refractivity contribution in [1.82, 2.24) is 14.9 Å². The number of hydrazine groups is 1. The van der Waals surface area contributed by atoms with Gasteiger partial charge in [0.25, 0.3) is 5.11 Å². The SMILES string of the molecule is CN(C)Cn1c(O)c(NNC(=S)N=O)c2cc(F)ccc21. The first-order valence-electron chi connectivity index (χ1n) is 5.99. The van der Waals surface area contributed by atoms with Crippen LogP contribution >= 0.6 is 12.2 Å². The van der Waals surface area contributed by atoms with E-state index < -0.39 is 5.82 Å². The number of nitrogens with zero attached hydrogens (tertiary/aromatic N) is 3. The van der Waals surface area contributed by atoms with E-state index in [1.807, 2.05) is 19.0 Å². The number of anilines is 1. The number of aromatic nitrogens is 1. The Morgan fingerprint density at radius 2 is 2.24 bits per heavy atom. The van der Waals surface area contributed by atoms with Crippen LogP contribution < -0.4 is 10.9 Å². The van der Waals surface area contributed by atoms with Crippen molar-refractivity contribution in [2.24, 2.45) is 5.18 Å². The van der Waals surface area contributed by atoms with Crippen LogP contribution in [0.2, 0.25) is 0 Å². The summed E-state index contributed by atoms with van der Waals surface area (Å²) < 4.78 is 15.0. The minimum Gasteiger partial charge on any atom is -0.493 e. The first kappa shape index (κ1) is 15.1. The van der Waals surface area contributed by atoms with Gasteiger partial charge in [0.2, 0.25) is 5.88 Å². The number of benzene rings is 1. The van der Waals surface area contributed by atoms with E-state index in [9.17, 15) is 14.4 Å². The molecule has 1 heterocycles. The maximum absolute atomic E-state index is 13.4. The molecule has 9 heteroatoms. The summed E-state index contributed by atoms with van der Waals surface area (Å²) in [5, 5.41) is 13.0. The minimum atomic E-state index is -0.441. The largest absolute Gasteiger partial charge is 0.493 e. The lowest BCUT2D eigenvalue weighted by Gasteiger charge is -2.13. The number of fused-ring (bicyclic) bond motifs is 1. The zero-order valence-electron chi connectivity index (χ0n) is 11.4. The van der Waals surface area contributed by atoms with Gasteiger partial charge in [-0.25, -0.2) is 4.39 Å². The van der Waals surface area contributed by atoms with E-state index in [0.717, 1.165) is 0 Å². The Kier molecular flexibility index (Phi) is 4.34. The first-order valence-corrected chi connectivity index (χ1v) is 6.39. The average molecular weight is 311 g/mol. The number of nitrogens with one attached hydrogen (secondary N) is 2. The second-order valence-corrected chi connectivity index (χ2v) is 5.04. The van der Waals surface area contributed by atoms with Crippen molar-refractivity contribution >= 4 is 33.9 Å². The second kappa shape index (κ2) is 6.02. The van der Waals surface area contributed by atoms with E-state index in [4.69, 9.17) is 0 Å². The quantitative estimate of drug-likeness (QED) is 0.455. The molecule has 0 aliphatic rings. The Bertz CT molecular complexity index is 701. The molecular formula is C12H14FN5O2S. The van der Waals surface area contributed by atoms with Gasteiger partial charge in [0.15, 0.2) is 0 Å². The van der Waals surface area contributed by atoms with Crippen molar-refractivity contribution in [3.63, 3.8) is 0 Å². The maximum Gasteiger partial charge on any atom is 0.254 e. The molecule has 0 spiro atoms. The molecule has 0 atom stereocenters. The number of hydrogen-bond donors (Lipinski definition) is 3. The van der Waals surface area contributed by atoms with Gasteiger partial charge < -0.3 is 5.11 Å². The second-order valence-electron chi connectivity index (χ2n) is 4.66. The summed E-state index contributed by atoms with van der Waals surface area (Å²) in [7, 11) is 3.68. The van der Waals surface area contributed by atoms with Crippen molar-refractivity contribution in [3.8, 4) is 5.88 Å². The zero-order valence-corrected chi connectivity index (χ0v) is 12.2. The summed E-state index contributed by atoms with van der Waals surface area (Å²) in [6.45, 7) is 0.395. The Hall–Kier alpha value is -2.26. The Labute approximate surface area is 125 Å². The highest BCUT2D eigenvalue weighted by molar-refractivity contribution is 7.80. The van der Waals surface area contributed by atoms with Crippen LogP contribution in [0.15, 0.2) is 23.4 Å². The minimum absolute atomic E-state index is 0.106. The van der Waals surface area contributed by atoms with E-state index in [-0.39, 0.29) is 16.7 Å². The van der Waals surface area contributed by atoms with E-state index >= 15 is 0 Å². The normalized spacial score (nSPS) is 10.9. The predicted molar refractivity (Wildman–Crippen MR) is 82.4 cm³/mol. The van der Waals surface area contributed by atoms with Gasteiger partial charge >= 0.3 is 0 Å². The van der Waals surface area contributed by atoms with Gasteiger partial charge in [0.05, 0.1) is 12.2 Å². The van der Waals surface area contributed by atoms with E-state index in [1.54, 1.807) is 10.6 Å². The highest BCUT2D eigenvalue weighted by Crippen LogP contribution is 2.36. The van der Waals surface area contributed by atoms with Crippen LogP contribution in [0.1, 0.15) is 0 Å². The maximum atomic E-state index is 13.4. The molecule has 7 nitrogen and oxygen atoms in total. The number of rotatable bonds is 4. The third-order valence-electron chi connectivity index (χ3n) is 2.80. The lowest BCUT2D eigenvalue weighted by Crippen LogP contribution is -2.25. The molecule has 0 aliphatic carbocycles. The van der Waals surface area contributed by atoms with Gasteiger partial charge in [-0.2, -0.15) is 0 Å². The lowest BCUT2D eigenvalue weighted by molar-refractivity contribution is 0.304. The molecule has 3 N–H and O–H groups in total. The number of halogens is 1. The highest BCUT2D eigenvalue weighted by Gasteiger charge is 2.17. The third kappa shape index (κ3) is 3.09. The standard InChI is InChI=1S/C12H14FN5O2S/c1-17(2)6-18-9-4-3-7(13)5-8(9)10(11(18)19)14-15-12(21)16-20/h3-5,14,19H,6H2,1-2H3,(H,15,21). The average Bonchev–Trinajstić information content (AvgIpc) is 2.68. The number of aromatic hydroxyl groups is 1. The third-order valence-corrected chi connectivity index (χ3v) is 2.98. The summed E-state index contributed by atoms with van der Waals surface area (Å²) in [6, 6.07) is 4.15. The van der Waals surface area contributed by atoms with E-state index in [1.165, 1.54) is 12.1 Å². The number of thiocarbonyl (C=S) groups is 1. The van der Waals surface area contributed by atoms with Gasteiger partial charge in [-0.3, -0.25) is 20.3 Å². The zero-order chi connectivity index (χ0) is 15.6. The summed E-state index contributed by atoms with van der Waals surface area (Å²) in [5.41, 5.74) is 5.80. The fourth-order valence-corrected chi connectivity index (χ4v) is 2.05. The lowest BCUT2D eigenvalue weighted by atomic mass is 10.2. The molecule has 0 saturated heterocycles. The van der Waals surface area contributed by atoms with Crippen molar-refractivity contribution < 1.29 is 9.50 Å². The summed E-state index contributed by atoms with van der Waals surface area (Å²) in [5.74, 6) is -0.547. The number of nitroso groups, excluding NO2 is 1. The molecule has 2 rings (SSSR count). The predicted octanol–water partition coefficient (Wildman–Crippen LogP) is 1.97. The number of hydrogen-bond acceptors (Lipinski definition) is 5. The molecule has 2 aromatic rings. The van der Waals surface area contributed by atoms with Crippen LogP contribution in [0.3, 0.4) is 0 Å². The molecule has 0 radical (unpaired) electrons. The Morgan fingerprint density at radius 1 is 1.52 bits per heavy atom. The highest BCUT2D eigenvalue weighted by atomic mass is 32.1. The molecular weight excluding hydrogens is 297 g/mol. The fourth-order valence-electron chi connectivity index (χ4n) is 2.00. The molecule has 0 amide bonds. The van der Waals surface area contributed by atoms with Gasteiger partial charge in [0, 0.05) is 10.6 Å². The van der Waals surface area contributed by atoms with Gasteiger partial charge in [-0.1, -0.05) is 0 Å². The van der Waals surface area contributed by atoms with E-state index in [0.29, 0.717) is 17.6 Å². The van der Waals surface area contributed by atoms with Crippen molar-refractivity contribution in [3.05, 3.63) is 28.9 Å². The van der Waals surface area contributed by atoms with Crippen LogP contribution in [0.5, 0.6) is 5.88 Å². The van der Waals surface area contributed by atoms with Crippen LogP contribution in [0.25, 0.3) is 10.9 Å². The monoisotopic (exact) mass is 311 g/mol. The van der Waals surface area contributed by atoms with Crippen LogP contribution in [-0.4, -0.2) is 33.8 Å². The molecule has 0 fully saturated rings. The van der Waals surface area contributed by atoms with Crippen molar-refractivity contribution in [2.45, 2.75) is 6.67 Å². The smallest absolute Gasteiger partial charge is 0.254 e.